The molecule has 0 unspecified atom stereocenters. The third-order valence-electron chi connectivity index (χ3n) is 3.80. The molecule has 1 N–H and O–H groups in total. The molecule has 0 aromatic carbocycles. The molecule has 1 aromatic heterocycles. The maximum atomic E-state index is 5.74. The van der Waals surface area contributed by atoms with Crippen LogP contribution in [0.1, 0.15) is 25.0 Å². The van der Waals surface area contributed by atoms with Crippen molar-refractivity contribution in [2.45, 2.75) is 57.7 Å². The molecule has 1 aliphatic rings. The van der Waals surface area contributed by atoms with Gasteiger partial charge in [-0.1, -0.05) is 19.6 Å². The van der Waals surface area contributed by atoms with Crippen LogP contribution in [0.4, 0.5) is 0 Å². The Hall–Kier alpha value is -0.653. The van der Waals surface area contributed by atoms with Crippen molar-refractivity contribution in [3.63, 3.8) is 0 Å². The van der Waals surface area contributed by atoms with E-state index in [1.807, 2.05) is 6.33 Å². The number of aromatic nitrogens is 2. The molecule has 0 saturated carbocycles. The highest BCUT2D eigenvalue weighted by Crippen LogP contribution is 2.25. The van der Waals surface area contributed by atoms with Crippen LogP contribution < -0.4 is 5.32 Å². The van der Waals surface area contributed by atoms with Gasteiger partial charge in [0.15, 0.2) is 0 Å². The van der Waals surface area contributed by atoms with E-state index in [1.54, 1.807) is 0 Å². The third kappa shape index (κ3) is 4.44. The van der Waals surface area contributed by atoms with Crippen LogP contribution >= 0.6 is 0 Å². The van der Waals surface area contributed by atoms with E-state index in [1.165, 1.54) is 18.2 Å². The van der Waals surface area contributed by atoms with E-state index in [9.17, 15) is 0 Å². The molecule has 0 spiro atoms. The normalized spacial score (nSPS) is 24.0. The van der Waals surface area contributed by atoms with Crippen molar-refractivity contribution in [1.29, 1.82) is 0 Å². The molecule has 2 atom stereocenters. The summed E-state index contributed by atoms with van der Waals surface area (Å²) in [6, 6.07) is 1.76. The lowest BCUT2D eigenvalue weighted by molar-refractivity contribution is 0.0870. The van der Waals surface area contributed by atoms with Crippen molar-refractivity contribution in [2.75, 3.05) is 13.2 Å². The van der Waals surface area contributed by atoms with E-state index >= 15 is 0 Å². The molecule has 19 heavy (non-hydrogen) atoms. The first kappa shape index (κ1) is 14.7. The van der Waals surface area contributed by atoms with E-state index in [2.05, 4.69) is 47.6 Å². The Morgan fingerprint density at radius 2 is 2.26 bits per heavy atom. The van der Waals surface area contributed by atoms with E-state index in [-0.39, 0.29) is 0 Å². The number of rotatable bonds is 6. The molecule has 0 amide bonds. The van der Waals surface area contributed by atoms with Crippen LogP contribution in [0.15, 0.2) is 12.5 Å². The fourth-order valence-electron chi connectivity index (χ4n) is 2.45. The van der Waals surface area contributed by atoms with Gasteiger partial charge in [0.1, 0.15) is 6.73 Å². The van der Waals surface area contributed by atoms with Crippen LogP contribution in [0, 0.1) is 0 Å². The average molecular weight is 281 g/mol. The maximum Gasteiger partial charge on any atom is 0.123 e. The van der Waals surface area contributed by atoms with Gasteiger partial charge in [-0.2, -0.15) is 0 Å². The highest BCUT2D eigenvalue weighted by atomic mass is 28.3. The summed E-state index contributed by atoms with van der Waals surface area (Å²) in [5.74, 6) is 0.559. The third-order valence-corrected chi connectivity index (χ3v) is 5.50. The standard InChI is InChI=1S/C14H27N3OSi/c1-12-13(5-6-15-12)14-9-17(10-16-14)11-18-7-8-19(2,3)4/h9-10,12-13,15H,5-8,11H2,1-4H3/t12-,13+/m1/s1. The molecular formula is C14H27N3OSi. The lowest BCUT2D eigenvalue weighted by Crippen LogP contribution is -2.22. The second kappa shape index (κ2) is 6.20. The average Bonchev–Trinajstić information content (AvgIpc) is 2.91. The van der Waals surface area contributed by atoms with Gasteiger partial charge in [-0.15, -0.1) is 0 Å². The molecule has 0 bridgehead atoms. The van der Waals surface area contributed by atoms with Crippen LogP contribution in [0.3, 0.4) is 0 Å². The van der Waals surface area contributed by atoms with Gasteiger partial charge < -0.3 is 14.6 Å². The minimum Gasteiger partial charge on any atom is -0.361 e. The molecule has 1 saturated heterocycles. The summed E-state index contributed by atoms with van der Waals surface area (Å²) in [6.07, 6.45) is 5.23. The van der Waals surface area contributed by atoms with Crippen molar-refractivity contribution < 1.29 is 4.74 Å². The van der Waals surface area contributed by atoms with Gasteiger partial charge in [0.25, 0.3) is 0 Å². The summed E-state index contributed by atoms with van der Waals surface area (Å²) in [6.45, 7) is 12.0. The molecular weight excluding hydrogens is 254 g/mol. The van der Waals surface area contributed by atoms with E-state index < -0.39 is 8.07 Å². The molecule has 2 heterocycles. The molecule has 1 aliphatic heterocycles. The number of hydrogen-bond donors (Lipinski definition) is 1. The van der Waals surface area contributed by atoms with Gasteiger partial charge in [-0.3, -0.25) is 0 Å². The molecule has 0 radical (unpaired) electrons. The van der Waals surface area contributed by atoms with Crippen molar-refractivity contribution >= 4 is 8.07 Å². The van der Waals surface area contributed by atoms with Crippen molar-refractivity contribution in [3.8, 4) is 0 Å². The van der Waals surface area contributed by atoms with Gasteiger partial charge in [0.05, 0.1) is 12.0 Å². The Labute approximate surface area is 117 Å². The minimum atomic E-state index is -0.979. The van der Waals surface area contributed by atoms with Gasteiger partial charge in [0.2, 0.25) is 0 Å². The minimum absolute atomic E-state index is 0.538. The SMILES string of the molecule is C[C@H]1NCC[C@@H]1c1cn(COCC[Si](C)(C)C)cn1. The van der Waals surface area contributed by atoms with Crippen LogP contribution in [0.5, 0.6) is 0 Å². The van der Waals surface area contributed by atoms with Gasteiger partial charge in [-0.05, 0) is 25.9 Å². The number of ether oxygens (including phenoxy) is 1. The molecule has 1 aromatic rings. The second-order valence-electron chi connectivity index (χ2n) is 6.80. The molecule has 0 aliphatic carbocycles. The summed E-state index contributed by atoms with van der Waals surface area (Å²) < 4.78 is 7.80. The van der Waals surface area contributed by atoms with Crippen molar-refractivity contribution in [3.05, 3.63) is 18.2 Å². The number of hydrogen-bond acceptors (Lipinski definition) is 3. The zero-order valence-electron chi connectivity index (χ0n) is 12.6. The Morgan fingerprint density at radius 3 is 2.89 bits per heavy atom. The maximum absolute atomic E-state index is 5.74. The predicted octanol–water partition coefficient (Wildman–Crippen LogP) is 2.66. The van der Waals surface area contributed by atoms with Gasteiger partial charge >= 0.3 is 0 Å². The first-order valence-electron chi connectivity index (χ1n) is 7.28. The van der Waals surface area contributed by atoms with Crippen LogP contribution in [-0.2, 0) is 11.5 Å². The Bertz CT molecular complexity index is 400. The fraction of sp³-hybridized carbons (Fsp3) is 0.786. The number of nitrogens with one attached hydrogen (secondary N) is 1. The monoisotopic (exact) mass is 281 g/mol. The highest BCUT2D eigenvalue weighted by Gasteiger charge is 2.26. The van der Waals surface area contributed by atoms with Crippen molar-refractivity contribution in [1.82, 2.24) is 14.9 Å². The Balaban J connectivity index is 1.78. The largest absolute Gasteiger partial charge is 0.361 e. The fourth-order valence-corrected chi connectivity index (χ4v) is 3.21. The van der Waals surface area contributed by atoms with Crippen LogP contribution in [0.25, 0.3) is 0 Å². The molecule has 4 nitrogen and oxygen atoms in total. The molecule has 108 valence electrons. The molecule has 5 heteroatoms. The molecule has 2 rings (SSSR count). The summed E-state index contributed by atoms with van der Waals surface area (Å²) in [5.41, 5.74) is 1.20. The smallest absolute Gasteiger partial charge is 0.123 e. The van der Waals surface area contributed by atoms with Crippen LogP contribution in [-0.4, -0.2) is 36.8 Å². The lowest BCUT2D eigenvalue weighted by Gasteiger charge is -2.15. The number of imidazole rings is 1. The van der Waals surface area contributed by atoms with Gasteiger partial charge in [0, 0.05) is 32.8 Å². The zero-order valence-corrected chi connectivity index (χ0v) is 13.6. The lowest BCUT2D eigenvalue weighted by atomic mass is 9.99. The predicted molar refractivity (Wildman–Crippen MR) is 81.2 cm³/mol. The topological polar surface area (TPSA) is 39.1 Å². The second-order valence-corrected chi connectivity index (χ2v) is 12.4. The molecule has 1 fully saturated rings. The first-order valence-corrected chi connectivity index (χ1v) is 11.0. The van der Waals surface area contributed by atoms with Gasteiger partial charge in [-0.25, -0.2) is 4.98 Å². The van der Waals surface area contributed by atoms with E-state index in [0.29, 0.717) is 18.7 Å². The summed E-state index contributed by atoms with van der Waals surface area (Å²) in [5, 5.41) is 3.47. The van der Waals surface area contributed by atoms with Crippen LogP contribution in [0.2, 0.25) is 25.7 Å². The van der Waals surface area contributed by atoms with E-state index in [0.717, 1.165) is 13.2 Å². The zero-order chi connectivity index (χ0) is 13.9. The summed E-state index contributed by atoms with van der Waals surface area (Å²) >= 11 is 0. The van der Waals surface area contributed by atoms with E-state index in [4.69, 9.17) is 4.74 Å². The Morgan fingerprint density at radius 1 is 1.47 bits per heavy atom. The summed E-state index contributed by atoms with van der Waals surface area (Å²) in [4.78, 5) is 4.53. The highest BCUT2D eigenvalue weighted by molar-refractivity contribution is 6.76. The quantitative estimate of drug-likeness (QED) is 0.643. The first-order chi connectivity index (χ1) is 8.96. The van der Waals surface area contributed by atoms with Crippen molar-refractivity contribution in [2.24, 2.45) is 0 Å². The summed E-state index contributed by atoms with van der Waals surface area (Å²) in [7, 11) is -0.979. The number of nitrogens with zero attached hydrogens (tertiary/aromatic N) is 2. The Kier molecular flexibility index (Phi) is 4.81.